The summed E-state index contributed by atoms with van der Waals surface area (Å²) >= 11 is 0. The molecule has 0 aromatic heterocycles. The molecule has 1 nitrogen and oxygen atoms in total. The van der Waals surface area contributed by atoms with E-state index in [1.165, 1.54) is 12.8 Å². The van der Waals surface area contributed by atoms with Gasteiger partial charge in [0, 0.05) is 0 Å². The minimum atomic E-state index is 0.332. The Labute approximate surface area is 106 Å². The molecule has 0 heterocycles. The molecule has 4 atom stereocenters. The fourth-order valence-electron chi connectivity index (χ4n) is 3.44. The van der Waals surface area contributed by atoms with Crippen LogP contribution in [0.1, 0.15) is 47.0 Å². The maximum Gasteiger partial charge on any atom is 0.0662 e. The van der Waals surface area contributed by atoms with Crippen molar-refractivity contribution in [3.05, 3.63) is 11.6 Å². The van der Waals surface area contributed by atoms with Crippen LogP contribution < -0.4 is 0 Å². The molecule has 2 fully saturated rings. The third-order valence-corrected chi connectivity index (χ3v) is 4.71. The van der Waals surface area contributed by atoms with Crippen LogP contribution in [-0.4, -0.2) is 0 Å². The Morgan fingerprint density at radius 3 is 2.00 bits per heavy atom. The standard InChI is InChI=1S/C16H25N/c1-10(2)15-6-12(7-16(15)11(3)4)5-13-8-14(13)9-17/h5,10-11,13-16H,6-8H2,1-4H3. The Bertz CT molecular complexity index is 327. The fourth-order valence-corrected chi connectivity index (χ4v) is 3.44. The summed E-state index contributed by atoms with van der Waals surface area (Å²) < 4.78 is 0. The van der Waals surface area contributed by atoms with Gasteiger partial charge >= 0.3 is 0 Å². The van der Waals surface area contributed by atoms with E-state index in [0.29, 0.717) is 11.8 Å². The predicted molar refractivity (Wildman–Crippen MR) is 71.2 cm³/mol. The Hall–Kier alpha value is -0.770. The summed E-state index contributed by atoms with van der Waals surface area (Å²) in [5.74, 6) is 4.23. The number of hydrogen-bond acceptors (Lipinski definition) is 1. The van der Waals surface area contributed by atoms with Crippen LogP contribution in [0.2, 0.25) is 0 Å². The van der Waals surface area contributed by atoms with Gasteiger partial charge in [0.1, 0.15) is 0 Å². The highest BCUT2D eigenvalue weighted by Gasteiger charge is 2.39. The Balaban J connectivity index is 2.02. The highest BCUT2D eigenvalue weighted by Crippen LogP contribution is 2.47. The average Bonchev–Trinajstić information content (AvgIpc) is 2.84. The van der Waals surface area contributed by atoms with Crippen LogP contribution in [0.4, 0.5) is 0 Å². The van der Waals surface area contributed by atoms with Crippen molar-refractivity contribution in [2.24, 2.45) is 35.5 Å². The number of rotatable bonds is 3. The molecule has 0 saturated heterocycles. The molecule has 0 N–H and O–H groups in total. The zero-order chi connectivity index (χ0) is 12.6. The third kappa shape index (κ3) is 2.73. The van der Waals surface area contributed by atoms with E-state index < -0.39 is 0 Å². The molecule has 17 heavy (non-hydrogen) atoms. The molecule has 0 aromatic carbocycles. The Morgan fingerprint density at radius 1 is 1.12 bits per heavy atom. The summed E-state index contributed by atoms with van der Waals surface area (Å²) in [6, 6.07) is 2.39. The first-order chi connectivity index (χ1) is 8.02. The fraction of sp³-hybridized carbons (Fsp3) is 0.812. The van der Waals surface area contributed by atoms with Gasteiger partial charge in [-0.2, -0.15) is 5.26 Å². The maximum absolute atomic E-state index is 8.85. The number of nitrogens with zero attached hydrogens (tertiary/aromatic N) is 1. The van der Waals surface area contributed by atoms with Crippen LogP contribution in [0.3, 0.4) is 0 Å². The van der Waals surface area contributed by atoms with Crippen molar-refractivity contribution in [3.63, 3.8) is 0 Å². The molecule has 1 heteroatoms. The molecule has 0 aliphatic heterocycles. The van der Waals surface area contributed by atoms with Gasteiger partial charge in [-0.05, 0) is 48.9 Å². The SMILES string of the molecule is CC(C)C1CC(=CC2CC2C#N)CC1C(C)C. The van der Waals surface area contributed by atoms with E-state index in [2.05, 4.69) is 39.8 Å². The van der Waals surface area contributed by atoms with E-state index in [4.69, 9.17) is 5.26 Å². The Morgan fingerprint density at radius 2 is 1.65 bits per heavy atom. The van der Waals surface area contributed by atoms with Gasteiger partial charge in [0.2, 0.25) is 0 Å². The van der Waals surface area contributed by atoms with Gasteiger partial charge in [0.05, 0.1) is 12.0 Å². The van der Waals surface area contributed by atoms with Crippen molar-refractivity contribution >= 4 is 0 Å². The number of hydrogen-bond donors (Lipinski definition) is 0. The summed E-state index contributed by atoms with van der Waals surface area (Å²) in [6.07, 6.45) is 6.12. The second-order valence-electron chi connectivity index (χ2n) is 6.68. The zero-order valence-corrected chi connectivity index (χ0v) is 11.6. The lowest BCUT2D eigenvalue weighted by atomic mass is 9.80. The summed E-state index contributed by atoms with van der Waals surface area (Å²) in [5, 5.41) is 8.85. The third-order valence-electron chi connectivity index (χ3n) is 4.71. The van der Waals surface area contributed by atoms with Crippen LogP contribution >= 0.6 is 0 Å². The van der Waals surface area contributed by atoms with Gasteiger partial charge in [-0.3, -0.25) is 0 Å². The van der Waals surface area contributed by atoms with E-state index in [1.807, 2.05) is 0 Å². The zero-order valence-electron chi connectivity index (χ0n) is 11.6. The largest absolute Gasteiger partial charge is 0.198 e. The van der Waals surface area contributed by atoms with Crippen molar-refractivity contribution in [1.82, 2.24) is 0 Å². The maximum atomic E-state index is 8.85. The monoisotopic (exact) mass is 231 g/mol. The number of allylic oxidation sites excluding steroid dienone is 2. The first-order valence-electron chi connectivity index (χ1n) is 7.12. The average molecular weight is 231 g/mol. The first-order valence-corrected chi connectivity index (χ1v) is 7.12. The minimum Gasteiger partial charge on any atom is -0.198 e. The van der Waals surface area contributed by atoms with Crippen molar-refractivity contribution in [2.45, 2.75) is 47.0 Å². The molecule has 2 aliphatic carbocycles. The highest BCUT2D eigenvalue weighted by molar-refractivity contribution is 5.19. The second-order valence-corrected chi connectivity index (χ2v) is 6.68. The van der Waals surface area contributed by atoms with Crippen LogP contribution in [0, 0.1) is 46.8 Å². The van der Waals surface area contributed by atoms with Gasteiger partial charge in [0.15, 0.2) is 0 Å². The van der Waals surface area contributed by atoms with Gasteiger partial charge in [-0.1, -0.05) is 39.3 Å². The van der Waals surface area contributed by atoms with Crippen molar-refractivity contribution in [3.8, 4) is 6.07 Å². The van der Waals surface area contributed by atoms with Gasteiger partial charge < -0.3 is 0 Å². The topological polar surface area (TPSA) is 23.8 Å². The lowest BCUT2D eigenvalue weighted by Crippen LogP contribution is -2.18. The molecule has 2 rings (SSSR count). The molecular weight excluding hydrogens is 206 g/mol. The Kier molecular flexibility index (Phi) is 3.61. The van der Waals surface area contributed by atoms with Crippen LogP contribution in [0.25, 0.3) is 0 Å². The molecule has 0 radical (unpaired) electrons. The molecule has 0 amide bonds. The summed E-state index contributed by atoms with van der Waals surface area (Å²) in [7, 11) is 0. The highest BCUT2D eigenvalue weighted by atomic mass is 14.4. The van der Waals surface area contributed by atoms with Gasteiger partial charge in [0.25, 0.3) is 0 Å². The molecular formula is C16H25N. The van der Waals surface area contributed by atoms with E-state index >= 15 is 0 Å². The van der Waals surface area contributed by atoms with Crippen molar-refractivity contribution < 1.29 is 0 Å². The van der Waals surface area contributed by atoms with Gasteiger partial charge in [-0.25, -0.2) is 0 Å². The second kappa shape index (κ2) is 4.84. The molecule has 0 aromatic rings. The van der Waals surface area contributed by atoms with E-state index in [1.54, 1.807) is 5.57 Å². The van der Waals surface area contributed by atoms with Crippen molar-refractivity contribution in [1.29, 1.82) is 5.26 Å². The van der Waals surface area contributed by atoms with Crippen LogP contribution in [0.5, 0.6) is 0 Å². The van der Waals surface area contributed by atoms with E-state index in [-0.39, 0.29) is 0 Å². The van der Waals surface area contributed by atoms with Crippen LogP contribution in [0.15, 0.2) is 11.6 Å². The first kappa shape index (κ1) is 12.7. The molecule has 0 spiro atoms. The van der Waals surface area contributed by atoms with E-state index in [0.717, 1.165) is 30.1 Å². The molecule has 94 valence electrons. The number of nitriles is 1. The molecule has 0 bridgehead atoms. The lowest BCUT2D eigenvalue weighted by molar-refractivity contribution is 0.235. The summed E-state index contributed by atoms with van der Waals surface area (Å²) in [6.45, 7) is 9.44. The molecule has 4 unspecified atom stereocenters. The molecule has 2 aliphatic rings. The van der Waals surface area contributed by atoms with Crippen molar-refractivity contribution in [2.75, 3.05) is 0 Å². The van der Waals surface area contributed by atoms with Crippen LogP contribution in [-0.2, 0) is 0 Å². The summed E-state index contributed by atoms with van der Waals surface area (Å²) in [5.41, 5.74) is 1.64. The lowest BCUT2D eigenvalue weighted by Gasteiger charge is -2.25. The smallest absolute Gasteiger partial charge is 0.0662 e. The predicted octanol–water partition coefficient (Wildman–Crippen LogP) is 4.41. The molecule has 2 saturated carbocycles. The minimum absolute atomic E-state index is 0.332. The summed E-state index contributed by atoms with van der Waals surface area (Å²) in [4.78, 5) is 0. The quantitative estimate of drug-likeness (QED) is 0.660. The van der Waals surface area contributed by atoms with E-state index in [9.17, 15) is 0 Å². The van der Waals surface area contributed by atoms with Gasteiger partial charge in [-0.15, -0.1) is 0 Å². The normalized spacial score (nSPS) is 36.4.